The molecule has 0 N–H and O–H groups in total. The molecule has 148 valence electrons. The van der Waals surface area contributed by atoms with Gasteiger partial charge in [0.25, 0.3) is 0 Å². The smallest absolute Gasteiger partial charge is 0.231 e. The van der Waals surface area contributed by atoms with E-state index < -0.39 is 0 Å². The summed E-state index contributed by atoms with van der Waals surface area (Å²) in [5.41, 5.74) is 1.50. The first-order valence-electron chi connectivity index (χ1n) is 9.96. The molecule has 1 saturated heterocycles. The molecule has 5 rings (SSSR count). The number of carbonyl (C=O) groups is 1. The Morgan fingerprint density at radius 1 is 1.21 bits per heavy atom. The SMILES string of the molecule is Cc1oc(-c2ccc3c(c2)OCO3)nc1CC(=O)N1CCOC2CCCCC21. The minimum absolute atomic E-state index is 0.105. The van der Waals surface area contributed by atoms with Gasteiger partial charge in [-0.15, -0.1) is 0 Å². The number of aromatic nitrogens is 1. The minimum atomic E-state index is 0.105. The lowest BCUT2D eigenvalue weighted by atomic mass is 9.90. The predicted octanol–water partition coefficient (Wildman–Crippen LogP) is 3.09. The lowest BCUT2D eigenvalue weighted by Gasteiger charge is -2.43. The highest BCUT2D eigenvalue weighted by Crippen LogP contribution is 2.36. The standard InChI is InChI=1S/C21H24N2O5/c1-13-15(11-20(24)23-8-9-25-17-5-3-2-4-16(17)23)22-21(28-13)14-6-7-18-19(10-14)27-12-26-18/h6-7,10,16-17H,2-5,8-9,11-12H2,1H3. The molecule has 7 heteroatoms. The second-order valence-corrected chi connectivity index (χ2v) is 7.61. The van der Waals surface area contributed by atoms with E-state index in [9.17, 15) is 4.79 Å². The topological polar surface area (TPSA) is 74.0 Å². The van der Waals surface area contributed by atoms with Gasteiger partial charge in [0.05, 0.1) is 30.9 Å². The Bertz CT molecular complexity index is 891. The van der Waals surface area contributed by atoms with Crippen molar-refractivity contribution in [1.82, 2.24) is 9.88 Å². The van der Waals surface area contributed by atoms with Crippen LogP contribution in [0, 0.1) is 6.92 Å². The van der Waals surface area contributed by atoms with Gasteiger partial charge >= 0.3 is 0 Å². The molecule has 1 saturated carbocycles. The predicted molar refractivity (Wildman–Crippen MR) is 100 cm³/mol. The molecule has 7 nitrogen and oxygen atoms in total. The summed E-state index contributed by atoms with van der Waals surface area (Å²) in [6, 6.07) is 5.79. The first-order valence-corrected chi connectivity index (χ1v) is 9.96. The van der Waals surface area contributed by atoms with Crippen molar-refractivity contribution in [3.8, 4) is 23.0 Å². The van der Waals surface area contributed by atoms with E-state index in [-0.39, 0.29) is 31.3 Å². The van der Waals surface area contributed by atoms with Crippen LogP contribution in [0.4, 0.5) is 0 Å². The number of oxazole rings is 1. The van der Waals surface area contributed by atoms with Crippen LogP contribution in [-0.2, 0) is 16.0 Å². The Morgan fingerprint density at radius 3 is 3.00 bits per heavy atom. The molecule has 28 heavy (non-hydrogen) atoms. The third-order valence-corrected chi connectivity index (χ3v) is 5.88. The number of nitrogens with zero attached hydrogens (tertiary/aromatic N) is 2. The summed E-state index contributed by atoms with van der Waals surface area (Å²) >= 11 is 0. The van der Waals surface area contributed by atoms with Crippen LogP contribution in [0.15, 0.2) is 22.6 Å². The van der Waals surface area contributed by atoms with Crippen molar-refractivity contribution in [1.29, 1.82) is 0 Å². The molecule has 0 spiro atoms. The summed E-state index contributed by atoms with van der Waals surface area (Å²) in [7, 11) is 0. The van der Waals surface area contributed by atoms with Crippen molar-refractivity contribution in [2.45, 2.75) is 51.2 Å². The molecule has 1 aromatic heterocycles. The third kappa shape index (κ3) is 3.13. The van der Waals surface area contributed by atoms with Crippen LogP contribution in [0.2, 0.25) is 0 Å². The molecule has 3 heterocycles. The van der Waals surface area contributed by atoms with Gasteiger partial charge in [0.1, 0.15) is 5.76 Å². The number of carbonyl (C=O) groups excluding carboxylic acids is 1. The van der Waals surface area contributed by atoms with Crippen LogP contribution in [0.5, 0.6) is 11.5 Å². The average molecular weight is 384 g/mol. The van der Waals surface area contributed by atoms with E-state index in [4.69, 9.17) is 18.6 Å². The number of amides is 1. The largest absolute Gasteiger partial charge is 0.454 e. The molecule has 3 aliphatic rings. The van der Waals surface area contributed by atoms with E-state index in [0.29, 0.717) is 36.2 Å². The maximum Gasteiger partial charge on any atom is 0.231 e. The summed E-state index contributed by atoms with van der Waals surface area (Å²) in [4.78, 5) is 19.6. The zero-order valence-electron chi connectivity index (χ0n) is 16.0. The fourth-order valence-corrected chi connectivity index (χ4v) is 4.40. The number of rotatable bonds is 3. The van der Waals surface area contributed by atoms with Crippen molar-refractivity contribution < 1.29 is 23.4 Å². The average Bonchev–Trinajstić information content (AvgIpc) is 3.33. The van der Waals surface area contributed by atoms with E-state index in [1.165, 1.54) is 6.42 Å². The quantitative estimate of drug-likeness (QED) is 0.810. The van der Waals surface area contributed by atoms with Gasteiger partial charge in [0.15, 0.2) is 11.5 Å². The summed E-state index contributed by atoms with van der Waals surface area (Å²) in [6.07, 6.45) is 4.86. The van der Waals surface area contributed by atoms with Gasteiger partial charge in [-0.2, -0.15) is 0 Å². The number of hydrogen-bond donors (Lipinski definition) is 0. The molecule has 1 amide bonds. The molecule has 2 unspecified atom stereocenters. The molecule has 2 aromatic rings. The summed E-state index contributed by atoms with van der Waals surface area (Å²) in [5.74, 6) is 2.68. The van der Waals surface area contributed by atoms with Crippen molar-refractivity contribution in [2.75, 3.05) is 19.9 Å². The van der Waals surface area contributed by atoms with Crippen LogP contribution in [0.3, 0.4) is 0 Å². The van der Waals surface area contributed by atoms with Crippen LogP contribution >= 0.6 is 0 Å². The van der Waals surface area contributed by atoms with Crippen molar-refractivity contribution in [3.05, 3.63) is 29.7 Å². The van der Waals surface area contributed by atoms with E-state index in [2.05, 4.69) is 4.98 Å². The summed E-state index contributed by atoms with van der Waals surface area (Å²) in [5, 5.41) is 0. The maximum absolute atomic E-state index is 13.0. The van der Waals surface area contributed by atoms with Crippen molar-refractivity contribution in [2.24, 2.45) is 0 Å². The van der Waals surface area contributed by atoms with Gasteiger partial charge in [-0.3, -0.25) is 4.79 Å². The first-order chi connectivity index (χ1) is 13.7. The van der Waals surface area contributed by atoms with Crippen LogP contribution in [-0.4, -0.2) is 47.9 Å². The molecule has 1 aliphatic carbocycles. The monoisotopic (exact) mass is 384 g/mol. The van der Waals surface area contributed by atoms with Gasteiger partial charge < -0.3 is 23.5 Å². The van der Waals surface area contributed by atoms with Gasteiger partial charge in [-0.05, 0) is 38.0 Å². The van der Waals surface area contributed by atoms with Crippen LogP contribution in [0.25, 0.3) is 11.5 Å². The second-order valence-electron chi connectivity index (χ2n) is 7.61. The minimum Gasteiger partial charge on any atom is -0.454 e. The highest BCUT2D eigenvalue weighted by molar-refractivity contribution is 5.79. The van der Waals surface area contributed by atoms with Crippen LogP contribution < -0.4 is 9.47 Å². The first kappa shape index (κ1) is 17.6. The summed E-state index contributed by atoms with van der Waals surface area (Å²) in [6.45, 7) is 3.36. The van der Waals surface area contributed by atoms with Gasteiger partial charge in [0.2, 0.25) is 18.6 Å². The lowest BCUT2D eigenvalue weighted by Crippen LogP contribution is -2.55. The molecule has 1 aromatic carbocycles. The van der Waals surface area contributed by atoms with Gasteiger partial charge in [0, 0.05) is 12.1 Å². The summed E-state index contributed by atoms with van der Waals surface area (Å²) < 4.78 is 22.5. The van der Waals surface area contributed by atoms with E-state index >= 15 is 0 Å². The van der Waals surface area contributed by atoms with Crippen LogP contribution in [0.1, 0.15) is 37.1 Å². The Morgan fingerprint density at radius 2 is 2.07 bits per heavy atom. The van der Waals surface area contributed by atoms with Crippen molar-refractivity contribution >= 4 is 5.91 Å². The fraction of sp³-hybridized carbons (Fsp3) is 0.524. The Balaban J connectivity index is 1.34. The fourth-order valence-electron chi connectivity index (χ4n) is 4.40. The third-order valence-electron chi connectivity index (χ3n) is 5.88. The molecular weight excluding hydrogens is 360 g/mol. The number of ether oxygens (including phenoxy) is 3. The number of hydrogen-bond acceptors (Lipinski definition) is 6. The lowest BCUT2D eigenvalue weighted by molar-refractivity contribution is -0.148. The highest BCUT2D eigenvalue weighted by atomic mass is 16.7. The number of aryl methyl sites for hydroxylation is 1. The van der Waals surface area contributed by atoms with Crippen molar-refractivity contribution in [3.63, 3.8) is 0 Å². The number of morpholine rings is 1. The Labute approximate surface area is 163 Å². The number of fused-ring (bicyclic) bond motifs is 2. The highest BCUT2D eigenvalue weighted by Gasteiger charge is 2.36. The van der Waals surface area contributed by atoms with E-state index in [1.807, 2.05) is 30.0 Å². The van der Waals surface area contributed by atoms with E-state index in [1.54, 1.807) is 0 Å². The number of benzene rings is 1. The zero-order chi connectivity index (χ0) is 19.1. The zero-order valence-corrected chi connectivity index (χ0v) is 16.0. The molecule has 0 bridgehead atoms. The second kappa shape index (κ2) is 7.13. The Kier molecular flexibility index (Phi) is 4.47. The van der Waals surface area contributed by atoms with Gasteiger partial charge in [-0.1, -0.05) is 12.8 Å². The van der Waals surface area contributed by atoms with E-state index in [0.717, 1.165) is 30.6 Å². The molecule has 2 atom stereocenters. The van der Waals surface area contributed by atoms with Gasteiger partial charge in [-0.25, -0.2) is 4.98 Å². The molecular formula is C21H24N2O5. The molecule has 2 aliphatic heterocycles. The molecule has 0 radical (unpaired) electrons. The maximum atomic E-state index is 13.0. The molecule has 2 fully saturated rings. The Hall–Kier alpha value is -2.54. The normalized spacial score (nSPS) is 23.5.